The highest BCUT2D eigenvalue weighted by molar-refractivity contribution is 7.27. The molecular weight excluding hydrogens is 1020 g/mol. The Kier molecular flexibility index (Phi) is 8.77. The van der Waals surface area contributed by atoms with Crippen molar-refractivity contribution < 1.29 is 11.3 Å². The van der Waals surface area contributed by atoms with Crippen molar-refractivity contribution in [1.82, 2.24) is 9.13 Å². The Morgan fingerprint density at radius 3 is 1.74 bits per heavy atom. The molecule has 0 radical (unpaired) electrons. The summed E-state index contributed by atoms with van der Waals surface area (Å²) in [6.45, 7) is 9.58. The molecule has 0 bridgehead atoms. The van der Waals surface area contributed by atoms with Crippen molar-refractivity contribution in [3.8, 4) is 62.0 Å². The van der Waals surface area contributed by atoms with Crippen molar-refractivity contribution in [3.63, 3.8) is 0 Å². The van der Waals surface area contributed by atoms with Crippen LogP contribution in [-0.2, 0) is 0 Å². The highest BCUT2D eigenvalue weighted by atomic mass is 32.1. The lowest BCUT2D eigenvalue weighted by Gasteiger charge is -2.26. The van der Waals surface area contributed by atoms with Gasteiger partial charge in [-0.15, -0.1) is 22.7 Å². The topological polar surface area (TPSA) is 51.1 Å². The number of thiophene rings is 2. The molecule has 5 nitrogen and oxygen atoms in total. The molecule has 0 fully saturated rings. The van der Waals surface area contributed by atoms with E-state index in [2.05, 4.69) is 129 Å². The molecule has 0 aliphatic carbocycles. The summed E-state index contributed by atoms with van der Waals surface area (Å²) < 4.78 is 59.2. The van der Waals surface area contributed by atoms with Crippen molar-refractivity contribution >= 4 is 134 Å². The highest BCUT2D eigenvalue weighted by Gasteiger charge is 2.33. The van der Waals surface area contributed by atoms with Gasteiger partial charge in [0.15, 0.2) is 0 Å². The van der Waals surface area contributed by atoms with Gasteiger partial charge in [-0.25, -0.2) is 4.85 Å². The molecule has 81 heavy (non-hydrogen) atoms. The van der Waals surface area contributed by atoms with Crippen LogP contribution in [0.3, 0.4) is 0 Å². The van der Waals surface area contributed by atoms with E-state index in [0.717, 1.165) is 123 Å². The molecule has 17 rings (SSSR count). The van der Waals surface area contributed by atoms with Gasteiger partial charge in [0.1, 0.15) is 17.2 Å². The number of furan rings is 1. The predicted molar refractivity (Wildman–Crippen MR) is 341 cm³/mol. The predicted octanol–water partition coefficient (Wildman–Crippen LogP) is 21.6. The first kappa shape index (κ1) is 40.6. The van der Waals surface area contributed by atoms with E-state index in [4.69, 9.17) is 8.53 Å². The molecule has 5 heterocycles. The maximum Gasteiger partial charge on any atom is 0.220 e. The molecule has 5 aromatic heterocycles. The third kappa shape index (κ3) is 6.39. The maximum atomic E-state index is 12.4. The van der Waals surface area contributed by atoms with Crippen LogP contribution in [0.25, 0.3) is 167 Å². The molecule has 0 aliphatic rings. The zero-order valence-corrected chi connectivity index (χ0v) is 44.4. The van der Waals surface area contributed by atoms with Crippen LogP contribution >= 0.6 is 22.7 Å². The number of hydrogen-bond acceptors (Lipinski definition) is 4. The van der Waals surface area contributed by atoms with Crippen molar-refractivity contribution in [1.29, 1.82) is 5.26 Å². The Balaban J connectivity index is 1.11. The lowest BCUT2D eigenvalue weighted by molar-refractivity contribution is 0.669. The summed E-state index contributed by atoms with van der Waals surface area (Å²) in [5, 5.41) is 22.3. The fourth-order valence-corrected chi connectivity index (χ4v) is 15.6. The monoisotopic (exact) mass is 1070 g/mol. The summed E-state index contributed by atoms with van der Waals surface area (Å²) in [5.41, 5.74) is 12.2. The van der Waals surface area contributed by atoms with Crippen molar-refractivity contribution in [2.45, 2.75) is 0 Å². The van der Waals surface area contributed by atoms with E-state index >= 15 is 0 Å². The quantitative estimate of drug-likeness (QED) is 0.156. The molecule has 7 heteroatoms. The molecular formula is C74H40N4OS2. The number of fused-ring (bicyclic) bond motifs is 17. The van der Waals surface area contributed by atoms with Crippen LogP contribution in [0.4, 0.5) is 5.69 Å². The molecule has 374 valence electrons. The first-order valence-corrected chi connectivity index (χ1v) is 28.2. The second-order valence-electron chi connectivity index (χ2n) is 20.4. The van der Waals surface area contributed by atoms with Gasteiger partial charge in [0.2, 0.25) is 5.69 Å². The third-order valence-corrected chi connectivity index (χ3v) is 18.7. The summed E-state index contributed by atoms with van der Waals surface area (Å²) in [5.74, 6) is 0. The Labute approximate surface area is 478 Å². The fraction of sp³-hybridized carbons (Fsp3) is 0. The second kappa shape index (κ2) is 17.5. The van der Waals surface area contributed by atoms with Gasteiger partial charge >= 0.3 is 0 Å². The Hall–Kier alpha value is -10.5. The summed E-state index contributed by atoms with van der Waals surface area (Å²) in [6.07, 6.45) is 0. The summed E-state index contributed by atoms with van der Waals surface area (Å²) in [4.78, 5) is 4.63. The lowest BCUT2D eigenvalue weighted by Crippen LogP contribution is -2.09. The number of hydrogen-bond donors (Lipinski definition) is 0. The van der Waals surface area contributed by atoms with Crippen molar-refractivity contribution in [2.24, 2.45) is 0 Å². The van der Waals surface area contributed by atoms with Crippen LogP contribution in [0, 0.1) is 17.9 Å². The first-order chi connectivity index (χ1) is 42.2. The number of nitrogens with zero attached hydrogens (tertiary/aromatic N) is 4. The minimum Gasteiger partial charge on any atom is -0.456 e. The van der Waals surface area contributed by atoms with E-state index in [1.807, 2.05) is 103 Å². The Morgan fingerprint density at radius 2 is 0.988 bits per heavy atom. The van der Waals surface area contributed by atoms with Gasteiger partial charge in [0, 0.05) is 74.4 Å². The zero-order valence-electron chi connectivity index (χ0n) is 47.7. The number of benzene rings is 12. The van der Waals surface area contributed by atoms with Crippen LogP contribution in [0.2, 0.25) is 0 Å². The third-order valence-electron chi connectivity index (χ3n) is 16.3. The van der Waals surface area contributed by atoms with E-state index in [1.54, 1.807) is 11.3 Å². The van der Waals surface area contributed by atoms with Gasteiger partial charge in [-0.2, -0.15) is 5.26 Å². The van der Waals surface area contributed by atoms with Gasteiger partial charge < -0.3 is 13.6 Å². The van der Waals surface area contributed by atoms with Gasteiger partial charge in [-0.1, -0.05) is 212 Å². The highest BCUT2D eigenvalue weighted by Crippen LogP contribution is 2.56. The molecule has 0 spiro atoms. The lowest BCUT2D eigenvalue weighted by atomic mass is 9.88. The normalized spacial score (nSPS) is 12.8. The van der Waals surface area contributed by atoms with Gasteiger partial charge in [-0.3, -0.25) is 0 Å². The maximum absolute atomic E-state index is 12.4. The summed E-state index contributed by atoms with van der Waals surface area (Å²) >= 11 is 3.22. The summed E-state index contributed by atoms with van der Waals surface area (Å²) in [7, 11) is 0. The molecule has 12 aromatic carbocycles. The standard InChI is InChI=1S/C74H40N4OS2/c1-76-67-63(44-22-7-3-8-23-44)57(42-75)68(78-69-50(38-40-53-47-26-13-16-37-62(47)80-73(53)69)51-39-41-54-52-32-17-29-46(43-20-5-2-6-21-43)72(52)81-74(54)70(51)78)64(45-24-9-4-10-25-45)71(67)77-58-33-14-11-27-55(58)65-48(30-18-34-59(65)77)49-31-19-36-61-66(49)56-28-12-15-35-60(56)79-61/h2-41H/i2D,5D,6D,20D,21D. The van der Waals surface area contributed by atoms with Crippen molar-refractivity contribution in [3.05, 3.63) is 260 Å². The minimum absolute atomic E-state index is 0.131. The number of para-hydroxylation sites is 2. The van der Waals surface area contributed by atoms with Crippen LogP contribution in [-0.4, -0.2) is 9.13 Å². The van der Waals surface area contributed by atoms with Crippen LogP contribution < -0.4 is 0 Å². The number of aromatic nitrogens is 2. The molecule has 0 aliphatic heterocycles. The molecule has 17 aromatic rings. The molecule has 0 saturated heterocycles. The van der Waals surface area contributed by atoms with E-state index in [0.29, 0.717) is 44.9 Å². The van der Waals surface area contributed by atoms with Crippen LogP contribution in [0.15, 0.2) is 247 Å². The van der Waals surface area contributed by atoms with E-state index in [1.165, 1.54) is 11.3 Å². The van der Waals surface area contributed by atoms with Gasteiger partial charge in [-0.05, 0) is 63.7 Å². The van der Waals surface area contributed by atoms with Crippen LogP contribution in [0.1, 0.15) is 12.4 Å². The molecule has 0 amide bonds. The average molecular weight is 1070 g/mol. The first-order valence-electron chi connectivity index (χ1n) is 29.1. The largest absolute Gasteiger partial charge is 0.456 e. The molecule has 0 N–H and O–H groups in total. The SMILES string of the molecule is [2H]c1c([2H])c([2H])c(-c2cccc3c2sc2c3ccc3c4ccc5c6ccccc6sc5c4n(-c4c(C#N)c(-c5ccccc5)c([N+]#[C-])c(-n5c6ccccc6c6c(-c7cccc8oc9ccccc9c78)cccc65)c4-c4ccccc4)c32)c([2H])c1[2H]. The van der Waals surface area contributed by atoms with E-state index in [9.17, 15) is 14.6 Å². The summed E-state index contributed by atoms with van der Waals surface area (Å²) in [6, 6.07) is 73.2. The van der Waals surface area contributed by atoms with Crippen LogP contribution in [0.5, 0.6) is 0 Å². The molecule has 0 saturated carbocycles. The zero-order chi connectivity index (χ0) is 57.8. The number of nitriles is 1. The van der Waals surface area contributed by atoms with E-state index in [-0.39, 0.29) is 17.6 Å². The number of rotatable bonds is 6. The smallest absolute Gasteiger partial charge is 0.220 e. The molecule has 0 unspecified atom stereocenters. The van der Waals surface area contributed by atoms with Gasteiger partial charge in [0.05, 0.1) is 61.8 Å². The van der Waals surface area contributed by atoms with Gasteiger partial charge in [0.25, 0.3) is 0 Å². The fourth-order valence-electron chi connectivity index (χ4n) is 13.0. The van der Waals surface area contributed by atoms with E-state index < -0.39 is 18.1 Å². The minimum atomic E-state index is -0.450. The Morgan fingerprint density at radius 1 is 0.432 bits per heavy atom. The Bertz CT molecular complexity index is 5910. The second-order valence-corrected chi connectivity index (χ2v) is 22.4. The molecule has 0 atom stereocenters. The van der Waals surface area contributed by atoms with Crippen molar-refractivity contribution in [2.75, 3.05) is 0 Å². The average Bonchev–Trinajstić information content (AvgIpc) is 1.50.